The Morgan fingerprint density at radius 1 is 0.920 bits per heavy atom. The molecule has 1 unspecified atom stereocenters. The summed E-state index contributed by atoms with van der Waals surface area (Å²) < 4.78 is 2.28. The van der Waals surface area contributed by atoms with E-state index in [1.807, 2.05) is 0 Å². The van der Waals surface area contributed by atoms with Crippen LogP contribution in [-0.2, 0) is 6.54 Å². The minimum Gasteiger partial charge on any atom is -0.345 e. The third-order valence-electron chi connectivity index (χ3n) is 4.88. The highest BCUT2D eigenvalue weighted by Gasteiger charge is 2.30. The molecule has 3 heterocycles. The zero-order valence-corrected chi connectivity index (χ0v) is 16.5. The Morgan fingerprint density at radius 3 is 2.24 bits per heavy atom. The smallest absolute Gasteiger partial charge is 0.155 e. The van der Waals surface area contributed by atoms with Crippen LogP contribution in [0.3, 0.4) is 0 Å². The van der Waals surface area contributed by atoms with Crippen LogP contribution < -0.4 is 4.90 Å². The van der Waals surface area contributed by atoms with E-state index in [2.05, 4.69) is 74.2 Å². The molecule has 6 heteroatoms. The summed E-state index contributed by atoms with van der Waals surface area (Å²) in [6, 6.07) is 2.30. The average Bonchev–Trinajstić information content (AvgIpc) is 2.99. The summed E-state index contributed by atoms with van der Waals surface area (Å²) in [6.45, 7) is 17.0. The first-order chi connectivity index (χ1) is 11.8. The lowest BCUT2D eigenvalue weighted by Gasteiger charge is -2.35. The zero-order chi connectivity index (χ0) is 18.3. The van der Waals surface area contributed by atoms with Gasteiger partial charge >= 0.3 is 0 Å². The van der Waals surface area contributed by atoms with Gasteiger partial charge in [0.2, 0.25) is 0 Å². The van der Waals surface area contributed by atoms with Crippen molar-refractivity contribution in [1.82, 2.24) is 24.7 Å². The molecular formula is C19H30N6. The van der Waals surface area contributed by atoms with E-state index < -0.39 is 0 Å². The number of hydrogen-bond acceptors (Lipinski definition) is 5. The summed E-state index contributed by atoms with van der Waals surface area (Å²) in [5.74, 6) is 5.13. The molecule has 0 spiro atoms. The van der Waals surface area contributed by atoms with Gasteiger partial charge in [-0.3, -0.25) is 0 Å². The summed E-state index contributed by atoms with van der Waals surface area (Å²) in [5.41, 5.74) is 1.11. The molecule has 0 N–H and O–H groups in total. The van der Waals surface area contributed by atoms with Gasteiger partial charge < -0.3 is 9.47 Å². The van der Waals surface area contributed by atoms with Gasteiger partial charge in [-0.2, -0.15) is 0 Å². The number of hydrogen-bond donors (Lipinski definition) is 0. The van der Waals surface area contributed by atoms with Crippen LogP contribution in [0.2, 0.25) is 0 Å². The molecule has 1 atom stereocenters. The Balaban J connectivity index is 1.99. The predicted octanol–water partition coefficient (Wildman–Crippen LogP) is 4.02. The van der Waals surface area contributed by atoms with Crippen molar-refractivity contribution in [1.29, 1.82) is 0 Å². The van der Waals surface area contributed by atoms with E-state index in [1.165, 1.54) is 0 Å². The average molecular weight is 342 g/mol. The van der Waals surface area contributed by atoms with Gasteiger partial charge in [0.05, 0.1) is 6.04 Å². The fraction of sp³-hybridized carbons (Fsp3) is 0.684. The maximum Gasteiger partial charge on any atom is 0.155 e. The Labute approximate surface area is 150 Å². The lowest BCUT2D eigenvalue weighted by Crippen LogP contribution is -2.38. The maximum atomic E-state index is 4.86. The van der Waals surface area contributed by atoms with Crippen LogP contribution in [0.5, 0.6) is 0 Å². The van der Waals surface area contributed by atoms with Crippen LogP contribution in [0.1, 0.15) is 95.4 Å². The Kier molecular flexibility index (Phi) is 4.80. The van der Waals surface area contributed by atoms with Crippen LogP contribution in [0.4, 0.5) is 5.82 Å². The lowest BCUT2D eigenvalue weighted by molar-refractivity contribution is 0.475. The summed E-state index contributed by atoms with van der Waals surface area (Å²) in [7, 11) is 0. The van der Waals surface area contributed by atoms with Crippen LogP contribution in [-0.4, -0.2) is 31.3 Å². The number of aromatic nitrogens is 5. The standard InChI is InChI=1S/C19H30N6/c1-11(2)15-10-16(21-17(20-15)12(3)4)24-8-9-25-18(13(5)6)22-23-19(25)14(24)7/h10-14H,8-9H2,1-7H3. The highest BCUT2D eigenvalue weighted by Crippen LogP contribution is 2.32. The normalized spacial score (nSPS) is 17.7. The van der Waals surface area contributed by atoms with Crippen molar-refractivity contribution in [3.63, 3.8) is 0 Å². The van der Waals surface area contributed by atoms with Crippen molar-refractivity contribution < 1.29 is 0 Å². The van der Waals surface area contributed by atoms with Gasteiger partial charge in [-0.1, -0.05) is 41.5 Å². The summed E-state index contributed by atoms with van der Waals surface area (Å²) >= 11 is 0. The quantitative estimate of drug-likeness (QED) is 0.840. The summed E-state index contributed by atoms with van der Waals surface area (Å²) in [4.78, 5) is 12.0. The molecule has 0 amide bonds. The largest absolute Gasteiger partial charge is 0.345 e. The zero-order valence-electron chi connectivity index (χ0n) is 16.5. The van der Waals surface area contributed by atoms with Gasteiger partial charge in [-0.05, 0) is 12.8 Å². The number of fused-ring (bicyclic) bond motifs is 1. The molecule has 1 aliphatic rings. The highest BCUT2D eigenvalue weighted by molar-refractivity contribution is 5.44. The van der Waals surface area contributed by atoms with Crippen LogP contribution in [0.15, 0.2) is 6.07 Å². The summed E-state index contributed by atoms with van der Waals surface area (Å²) in [5, 5.41) is 8.90. The summed E-state index contributed by atoms with van der Waals surface area (Å²) in [6.07, 6.45) is 0. The third kappa shape index (κ3) is 3.26. The van der Waals surface area contributed by atoms with E-state index in [0.717, 1.165) is 42.1 Å². The Bertz CT molecular complexity index is 720. The van der Waals surface area contributed by atoms with Gasteiger partial charge in [0, 0.05) is 36.7 Å². The van der Waals surface area contributed by atoms with Crippen molar-refractivity contribution >= 4 is 5.82 Å². The second-order valence-corrected chi connectivity index (χ2v) is 7.91. The van der Waals surface area contributed by atoms with Crippen LogP contribution in [0.25, 0.3) is 0 Å². The molecule has 1 aliphatic heterocycles. The van der Waals surface area contributed by atoms with Crippen molar-refractivity contribution in [3.8, 4) is 0 Å². The minimum atomic E-state index is 0.156. The van der Waals surface area contributed by atoms with Crippen molar-refractivity contribution in [3.05, 3.63) is 29.2 Å². The van der Waals surface area contributed by atoms with E-state index >= 15 is 0 Å². The molecule has 0 radical (unpaired) electrons. The third-order valence-corrected chi connectivity index (χ3v) is 4.88. The van der Waals surface area contributed by atoms with E-state index in [1.54, 1.807) is 0 Å². The molecule has 0 fully saturated rings. The van der Waals surface area contributed by atoms with Gasteiger partial charge in [-0.15, -0.1) is 10.2 Å². The Morgan fingerprint density at radius 2 is 1.64 bits per heavy atom. The first-order valence-electron chi connectivity index (χ1n) is 9.38. The van der Waals surface area contributed by atoms with Crippen molar-refractivity contribution in [2.45, 2.75) is 78.8 Å². The molecule has 2 aromatic heterocycles. The fourth-order valence-corrected chi connectivity index (χ4v) is 3.32. The molecule has 2 aromatic rings. The van der Waals surface area contributed by atoms with Crippen LogP contribution >= 0.6 is 0 Å². The maximum absolute atomic E-state index is 4.86. The number of anilines is 1. The second kappa shape index (κ2) is 6.73. The van der Waals surface area contributed by atoms with Crippen LogP contribution in [0, 0.1) is 0 Å². The fourth-order valence-electron chi connectivity index (χ4n) is 3.32. The van der Waals surface area contributed by atoms with E-state index in [9.17, 15) is 0 Å². The topological polar surface area (TPSA) is 59.7 Å². The van der Waals surface area contributed by atoms with Crippen molar-refractivity contribution in [2.75, 3.05) is 11.4 Å². The van der Waals surface area contributed by atoms with Gasteiger partial charge in [0.1, 0.15) is 17.5 Å². The van der Waals surface area contributed by atoms with Gasteiger partial charge in [0.25, 0.3) is 0 Å². The molecule has 0 aliphatic carbocycles. The second-order valence-electron chi connectivity index (χ2n) is 7.91. The predicted molar refractivity (Wildman–Crippen MR) is 100 cm³/mol. The first kappa shape index (κ1) is 17.8. The van der Waals surface area contributed by atoms with Gasteiger partial charge in [-0.25, -0.2) is 9.97 Å². The molecule has 136 valence electrons. The molecule has 6 nitrogen and oxygen atoms in total. The molecule has 0 aromatic carbocycles. The van der Waals surface area contributed by atoms with Gasteiger partial charge in [0.15, 0.2) is 5.82 Å². The molecule has 0 saturated heterocycles. The highest BCUT2D eigenvalue weighted by atomic mass is 15.4. The van der Waals surface area contributed by atoms with E-state index in [0.29, 0.717) is 17.8 Å². The van der Waals surface area contributed by atoms with E-state index in [4.69, 9.17) is 9.97 Å². The number of nitrogens with zero attached hydrogens (tertiary/aromatic N) is 6. The molecule has 0 saturated carbocycles. The monoisotopic (exact) mass is 342 g/mol. The molecule has 3 rings (SSSR count). The molecule has 0 bridgehead atoms. The molecule has 25 heavy (non-hydrogen) atoms. The van der Waals surface area contributed by atoms with E-state index in [-0.39, 0.29) is 6.04 Å². The first-order valence-corrected chi connectivity index (χ1v) is 9.38. The number of rotatable bonds is 4. The molecular weight excluding hydrogens is 312 g/mol. The SMILES string of the molecule is CC(C)c1cc(N2CCn3c(C(C)C)nnc3C2C)nc(C(C)C)n1. The Hall–Kier alpha value is -1.98. The minimum absolute atomic E-state index is 0.156. The van der Waals surface area contributed by atoms with Crippen molar-refractivity contribution in [2.24, 2.45) is 0 Å². The lowest BCUT2D eigenvalue weighted by atomic mass is 10.1.